The van der Waals surface area contributed by atoms with Gasteiger partial charge in [-0.2, -0.15) is 0 Å². The van der Waals surface area contributed by atoms with Gasteiger partial charge in [-0.25, -0.2) is 9.97 Å². The number of hydrogen-bond acceptors (Lipinski definition) is 4. The highest BCUT2D eigenvalue weighted by atomic mass is 35.5. The van der Waals surface area contributed by atoms with E-state index in [4.69, 9.17) is 5.73 Å². The first-order chi connectivity index (χ1) is 7.84. The van der Waals surface area contributed by atoms with Crippen LogP contribution in [-0.4, -0.2) is 28.0 Å². The Morgan fingerprint density at radius 2 is 2.24 bits per heavy atom. The fourth-order valence-corrected chi connectivity index (χ4v) is 2.24. The van der Waals surface area contributed by atoms with Crippen LogP contribution >= 0.6 is 12.4 Å². The van der Waals surface area contributed by atoms with Crippen LogP contribution in [0, 0.1) is 0 Å². The number of aromatic nitrogens is 3. The third-order valence-electron chi connectivity index (χ3n) is 3.12. The summed E-state index contributed by atoms with van der Waals surface area (Å²) in [6.07, 6.45) is 4.16. The zero-order valence-corrected chi connectivity index (χ0v) is 10.3. The highest BCUT2D eigenvalue weighted by molar-refractivity contribution is 5.86. The molecule has 6 heteroatoms. The van der Waals surface area contributed by atoms with E-state index in [0.29, 0.717) is 11.7 Å². The van der Waals surface area contributed by atoms with E-state index >= 15 is 0 Å². The van der Waals surface area contributed by atoms with Gasteiger partial charge in [0.05, 0.1) is 5.39 Å². The minimum Gasteiger partial charge on any atom is -0.383 e. The Morgan fingerprint density at radius 3 is 3.00 bits per heavy atom. The molecule has 4 N–H and O–H groups in total. The SMILES string of the molecule is Cl.Nc1nc([C@@H]2CCCNC2)nc2[nH]ccc12. The van der Waals surface area contributed by atoms with Gasteiger partial charge in [-0.05, 0) is 25.5 Å². The molecule has 0 bridgehead atoms. The van der Waals surface area contributed by atoms with Crippen LogP contribution < -0.4 is 11.1 Å². The molecule has 1 saturated heterocycles. The number of nitrogens with zero attached hydrogens (tertiary/aromatic N) is 2. The molecular formula is C11H16ClN5. The zero-order chi connectivity index (χ0) is 11.0. The maximum absolute atomic E-state index is 5.92. The van der Waals surface area contributed by atoms with Gasteiger partial charge in [0.15, 0.2) is 0 Å². The van der Waals surface area contributed by atoms with E-state index in [-0.39, 0.29) is 12.4 Å². The maximum atomic E-state index is 5.92. The molecule has 2 aromatic heterocycles. The minimum absolute atomic E-state index is 0. The summed E-state index contributed by atoms with van der Waals surface area (Å²) in [7, 11) is 0. The molecule has 5 nitrogen and oxygen atoms in total. The van der Waals surface area contributed by atoms with Gasteiger partial charge in [0.1, 0.15) is 17.3 Å². The van der Waals surface area contributed by atoms with E-state index in [1.54, 1.807) is 0 Å². The number of rotatable bonds is 1. The summed E-state index contributed by atoms with van der Waals surface area (Å²) in [5.41, 5.74) is 6.76. The monoisotopic (exact) mass is 253 g/mol. The number of anilines is 1. The molecule has 1 atom stereocenters. The topological polar surface area (TPSA) is 79.6 Å². The average Bonchev–Trinajstić information content (AvgIpc) is 2.79. The minimum atomic E-state index is 0. The van der Waals surface area contributed by atoms with Crippen molar-refractivity contribution < 1.29 is 0 Å². The van der Waals surface area contributed by atoms with E-state index in [1.165, 1.54) is 6.42 Å². The van der Waals surface area contributed by atoms with Crippen LogP contribution in [0.2, 0.25) is 0 Å². The number of H-pyrrole nitrogens is 1. The lowest BCUT2D eigenvalue weighted by Gasteiger charge is -2.21. The maximum Gasteiger partial charge on any atom is 0.143 e. The summed E-state index contributed by atoms with van der Waals surface area (Å²) in [5, 5.41) is 4.27. The molecule has 0 aromatic carbocycles. The molecule has 2 aromatic rings. The molecule has 92 valence electrons. The first-order valence-electron chi connectivity index (χ1n) is 5.66. The molecule has 17 heavy (non-hydrogen) atoms. The van der Waals surface area contributed by atoms with E-state index in [2.05, 4.69) is 20.3 Å². The van der Waals surface area contributed by atoms with Crippen LogP contribution in [0.1, 0.15) is 24.6 Å². The highest BCUT2D eigenvalue weighted by Gasteiger charge is 2.19. The molecule has 1 fully saturated rings. The summed E-state index contributed by atoms with van der Waals surface area (Å²) in [6.45, 7) is 2.04. The second-order valence-corrected chi connectivity index (χ2v) is 4.25. The Kier molecular flexibility index (Phi) is 3.49. The van der Waals surface area contributed by atoms with E-state index < -0.39 is 0 Å². The Balaban J connectivity index is 0.00000108. The summed E-state index contributed by atoms with van der Waals surface area (Å²) >= 11 is 0. The molecule has 1 aliphatic rings. The van der Waals surface area contributed by atoms with Gasteiger partial charge < -0.3 is 16.0 Å². The lowest BCUT2D eigenvalue weighted by molar-refractivity contribution is 0.447. The Morgan fingerprint density at radius 1 is 1.35 bits per heavy atom. The number of fused-ring (bicyclic) bond motifs is 1. The number of nitrogens with two attached hydrogens (primary N) is 1. The first-order valence-corrected chi connectivity index (χ1v) is 5.66. The first kappa shape index (κ1) is 12.1. The fraction of sp³-hybridized carbons (Fsp3) is 0.455. The second kappa shape index (κ2) is 4.89. The van der Waals surface area contributed by atoms with Crippen molar-refractivity contribution in [1.82, 2.24) is 20.3 Å². The van der Waals surface area contributed by atoms with Crippen molar-refractivity contribution in [2.75, 3.05) is 18.8 Å². The summed E-state index contributed by atoms with van der Waals surface area (Å²) in [6, 6.07) is 1.91. The van der Waals surface area contributed by atoms with E-state index in [9.17, 15) is 0 Å². The lowest BCUT2D eigenvalue weighted by atomic mass is 9.99. The van der Waals surface area contributed by atoms with Gasteiger partial charge in [-0.1, -0.05) is 0 Å². The third-order valence-corrected chi connectivity index (χ3v) is 3.12. The molecular weight excluding hydrogens is 238 g/mol. The van der Waals surface area contributed by atoms with Crippen molar-refractivity contribution in [3.05, 3.63) is 18.1 Å². The molecule has 0 aliphatic carbocycles. The largest absolute Gasteiger partial charge is 0.383 e. The molecule has 3 heterocycles. The van der Waals surface area contributed by atoms with Crippen LogP contribution in [0.3, 0.4) is 0 Å². The van der Waals surface area contributed by atoms with Crippen LogP contribution in [0.15, 0.2) is 12.3 Å². The predicted molar refractivity (Wildman–Crippen MR) is 70.4 cm³/mol. The molecule has 0 saturated carbocycles. The van der Waals surface area contributed by atoms with Gasteiger partial charge >= 0.3 is 0 Å². The lowest BCUT2D eigenvalue weighted by Crippen LogP contribution is -2.29. The second-order valence-electron chi connectivity index (χ2n) is 4.25. The van der Waals surface area contributed by atoms with Gasteiger partial charge in [0.2, 0.25) is 0 Å². The Bertz CT molecular complexity index is 504. The summed E-state index contributed by atoms with van der Waals surface area (Å²) in [4.78, 5) is 12.0. The van der Waals surface area contributed by atoms with Crippen LogP contribution in [0.5, 0.6) is 0 Å². The zero-order valence-electron chi connectivity index (χ0n) is 9.44. The average molecular weight is 254 g/mol. The van der Waals surface area contributed by atoms with Crippen molar-refractivity contribution in [2.24, 2.45) is 0 Å². The molecule has 1 aliphatic heterocycles. The van der Waals surface area contributed by atoms with Gasteiger partial charge in [0, 0.05) is 18.7 Å². The van der Waals surface area contributed by atoms with Crippen molar-refractivity contribution in [3.8, 4) is 0 Å². The van der Waals surface area contributed by atoms with Gasteiger partial charge in [-0.3, -0.25) is 0 Å². The number of aromatic amines is 1. The van der Waals surface area contributed by atoms with Gasteiger partial charge in [0.25, 0.3) is 0 Å². The molecule has 0 radical (unpaired) electrons. The summed E-state index contributed by atoms with van der Waals surface area (Å²) in [5.74, 6) is 1.83. The number of nitrogens with one attached hydrogen (secondary N) is 2. The smallest absolute Gasteiger partial charge is 0.143 e. The van der Waals surface area contributed by atoms with Gasteiger partial charge in [-0.15, -0.1) is 12.4 Å². The Labute approximate surface area is 106 Å². The molecule has 0 spiro atoms. The van der Waals surface area contributed by atoms with E-state index in [1.807, 2.05) is 12.3 Å². The standard InChI is InChI=1S/C11H15N5.ClH/c12-9-8-3-5-14-11(8)16-10(15-9)7-2-1-4-13-6-7;/h3,5,7,13H,1-2,4,6H2,(H3,12,14,15,16);1H/t7-;/m1./s1. The number of piperidine rings is 1. The molecule has 3 rings (SSSR count). The third kappa shape index (κ3) is 2.21. The normalized spacial score (nSPS) is 20.1. The van der Waals surface area contributed by atoms with Crippen molar-refractivity contribution >= 4 is 29.3 Å². The quantitative estimate of drug-likeness (QED) is 0.718. The Hall–Kier alpha value is -1.33. The number of hydrogen-bond donors (Lipinski definition) is 3. The number of halogens is 1. The predicted octanol–water partition coefficient (Wildman–Crippen LogP) is 1.43. The highest BCUT2D eigenvalue weighted by Crippen LogP contribution is 2.24. The number of nitrogen functional groups attached to an aromatic ring is 1. The van der Waals surface area contributed by atoms with Crippen molar-refractivity contribution in [1.29, 1.82) is 0 Å². The van der Waals surface area contributed by atoms with Crippen LogP contribution in [0.25, 0.3) is 11.0 Å². The molecule has 0 unspecified atom stereocenters. The van der Waals surface area contributed by atoms with Crippen molar-refractivity contribution in [2.45, 2.75) is 18.8 Å². The van der Waals surface area contributed by atoms with E-state index in [0.717, 1.165) is 36.4 Å². The molecule has 0 amide bonds. The fourth-order valence-electron chi connectivity index (χ4n) is 2.24. The van der Waals surface area contributed by atoms with Crippen LogP contribution in [0.4, 0.5) is 5.82 Å². The van der Waals surface area contributed by atoms with Crippen LogP contribution in [-0.2, 0) is 0 Å². The summed E-state index contributed by atoms with van der Waals surface area (Å²) < 4.78 is 0. The van der Waals surface area contributed by atoms with Crippen molar-refractivity contribution in [3.63, 3.8) is 0 Å².